The highest BCUT2D eigenvalue weighted by Crippen LogP contribution is 2.40. The van der Waals surface area contributed by atoms with Crippen LogP contribution in [0, 0.1) is 5.92 Å². The maximum atomic E-state index is 12.3. The van der Waals surface area contributed by atoms with Crippen molar-refractivity contribution in [3.8, 4) is 0 Å². The summed E-state index contributed by atoms with van der Waals surface area (Å²) in [5.41, 5.74) is -0.424. The van der Waals surface area contributed by atoms with Gasteiger partial charge in [-0.2, -0.15) is 0 Å². The van der Waals surface area contributed by atoms with E-state index in [4.69, 9.17) is 4.74 Å². The fourth-order valence-corrected chi connectivity index (χ4v) is 3.58. The Bertz CT molecular complexity index is 321. The molecule has 0 spiro atoms. The Labute approximate surface area is 116 Å². The third-order valence-corrected chi connectivity index (χ3v) is 4.11. The van der Waals surface area contributed by atoms with Crippen molar-refractivity contribution < 1.29 is 14.6 Å². The maximum absolute atomic E-state index is 12.3. The lowest BCUT2D eigenvalue weighted by Crippen LogP contribution is -2.48. The molecule has 0 aromatic carbocycles. The fourth-order valence-electron chi connectivity index (χ4n) is 3.58. The predicted molar refractivity (Wildman–Crippen MR) is 73.9 cm³/mol. The van der Waals surface area contributed by atoms with Gasteiger partial charge in [-0.25, -0.2) is 4.79 Å². The number of fused-ring (bicyclic) bond motifs is 2. The van der Waals surface area contributed by atoms with Gasteiger partial charge in [0.1, 0.15) is 5.60 Å². The van der Waals surface area contributed by atoms with Crippen LogP contribution in [0.4, 0.5) is 4.79 Å². The molecule has 0 aromatic heterocycles. The summed E-state index contributed by atoms with van der Waals surface area (Å²) < 4.78 is 5.51. The van der Waals surface area contributed by atoms with E-state index in [0.29, 0.717) is 18.0 Å². The van der Waals surface area contributed by atoms with Crippen LogP contribution in [0.1, 0.15) is 59.8 Å². The van der Waals surface area contributed by atoms with Crippen LogP contribution in [-0.4, -0.2) is 39.9 Å². The first-order valence-electron chi connectivity index (χ1n) is 7.45. The molecule has 3 atom stereocenters. The van der Waals surface area contributed by atoms with Crippen LogP contribution >= 0.6 is 0 Å². The molecule has 110 valence electrons. The van der Waals surface area contributed by atoms with Gasteiger partial charge in [0.15, 0.2) is 0 Å². The summed E-state index contributed by atoms with van der Waals surface area (Å²) in [6.07, 6.45) is 4.66. The number of carbonyl (C=O) groups is 1. The van der Waals surface area contributed by atoms with Crippen LogP contribution in [0.15, 0.2) is 0 Å². The summed E-state index contributed by atoms with van der Waals surface area (Å²) in [5, 5.41) is 9.52. The normalized spacial score (nSPS) is 32.3. The van der Waals surface area contributed by atoms with Crippen molar-refractivity contribution >= 4 is 6.09 Å². The van der Waals surface area contributed by atoms with E-state index in [-0.39, 0.29) is 12.2 Å². The Morgan fingerprint density at radius 1 is 1.32 bits per heavy atom. The van der Waals surface area contributed by atoms with E-state index in [1.54, 1.807) is 0 Å². The Morgan fingerprint density at radius 3 is 2.26 bits per heavy atom. The number of ether oxygens (including phenoxy) is 1. The molecule has 19 heavy (non-hydrogen) atoms. The van der Waals surface area contributed by atoms with Gasteiger partial charge >= 0.3 is 6.09 Å². The lowest BCUT2D eigenvalue weighted by molar-refractivity contribution is -0.000845. The molecule has 2 rings (SSSR count). The molecule has 4 nitrogen and oxygen atoms in total. The minimum Gasteiger partial charge on any atom is -0.444 e. The van der Waals surface area contributed by atoms with Gasteiger partial charge in [-0.15, -0.1) is 0 Å². The number of hydrogen-bond donors (Lipinski definition) is 1. The van der Waals surface area contributed by atoms with E-state index in [2.05, 4.69) is 0 Å². The van der Waals surface area contributed by atoms with Gasteiger partial charge in [0.2, 0.25) is 0 Å². The molecule has 0 aromatic rings. The second-order valence-corrected chi connectivity index (χ2v) is 7.19. The van der Waals surface area contributed by atoms with Crippen LogP contribution in [0.2, 0.25) is 0 Å². The molecule has 1 amide bonds. The van der Waals surface area contributed by atoms with E-state index in [1.165, 1.54) is 0 Å². The molecule has 2 bridgehead atoms. The van der Waals surface area contributed by atoms with Crippen molar-refractivity contribution in [3.63, 3.8) is 0 Å². The van der Waals surface area contributed by atoms with Crippen molar-refractivity contribution in [2.24, 2.45) is 5.92 Å². The van der Waals surface area contributed by atoms with Crippen molar-refractivity contribution in [2.45, 2.75) is 83.6 Å². The lowest BCUT2D eigenvalue weighted by Gasteiger charge is -2.39. The van der Waals surface area contributed by atoms with Gasteiger partial charge in [0.05, 0.1) is 6.10 Å². The molecule has 0 radical (unpaired) electrons. The number of nitrogens with zero attached hydrogens (tertiary/aromatic N) is 1. The SMILES string of the molecule is CC(O)CC1CC2CCC(C1)N2C(=O)OC(C)(C)C. The van der Waals surface area contributed by atoms with Crippen molar-refractivity contribution in [2.75, 3.05) is 0 Å². The van der Waals surface area contributed by atoms with Crippen LogP contribution in [0.25, 0.3) is 0 Å². The summed E-state index contributed by atoms with van der Waals surface area (Å²) in [4.78, 5) is 14.2. The number of aliphatic hydroxyl groups is 1. The third-order valence-electron chi connectivity index (χ3n) is 4.11. The van der Waals surface area contributed by atoms with E-state index in [0.717, 1.165) is 32.1 Å². The average Bonchev–Trinajstić information content (AvgIpc) is 2.47. The minimum atomic E-state index is -0.424. The molecule has 2 fully saturated rings. The molecule has 0 aliphatic carbocycles. The number of piperidine rings is 1. The fraction of sp³-hybridized carbons (Fsp3) is 0.933. The zero-order chi connectivity index (χ0) is 14.2. The first kappa shape index (κ1) is 14.6. The van der Waals surface area contributed by atoms with Gasteiger partial charge in [-0.3, -0.25) is 0 Å². The first-order valence-corrected chi connectivity index (χ1v) is 7.45. The molecule has 1 N–H and O–H groups in total. The summed E-state index contributed by atoms with van der Waals surface area (Å²) in [7, 11) is 0. The van der Waals surface area contributed by atoms with Gasteiger partial charge in [0, 0.05) is 12.1 Å². The van der Waals surface area contributed by atoms with Gasteiger partial charge < -0.3 is 14.7 Å². The highest BCUT2D eigenvalue weighted by Gasteiger charge is 2.44. The number of rotatable bonds is 2. The predicted octanol–water partition coefficient (Wildman–Crippen LogP) is 2.94. The zero-order valence-corrected chi connectivity index (χ0v) is 12.6. The molecule has 2 heterocycles. The van der Waals surface area contributed by atoms with Crippen LogP contribution in [0.3, 0.4) is 0 Å². The highest BCUT2D eigenvalue weighted by molar-refractivity contribution is 5.69. The number of hydrogen-bond acceptors (Lipinski definition) is 3. The highest BCUT2D eigenvalue weighted by atomic mass is 16.6. The molecular weight excluding hydrogens is 242 g/mol. The monoisotopic (exact) mass is 269 g/mol. The summed E-state index contributed by atoms with van der Waals surface area (Å²) in [6, 6.07) is 0.634. The van der Waals surface area contributed by atoms with Crippen molar-refractivity contribution in [1.29, 1.82) is 0 Å². The smallest absolute Gasteiger partial charge is 0.410 e. The summed E-state index contributed by atoms with van der Waals surface area (Å²) in [6.45, 7) is 7.58. The molecule has 2 aliphatic rings. The minimum absolute atomic E-state index is 0.157. The van der Waals surface area contributed by atoms with Crippen LogP contribution in [0.5, 0.6) is 0 Å². The molecule has 2 aliphatic heterocycles. The molecule has 4 heteroatoms. The standard InChI is InChI=1S/C15H27NO3/c1-10(17)7-11-8-12-5-6-13(9-11)16(12)14(18)19-15(2,3)4/h10-13,17H,5-9H2,1-4H3. The molecule has 2 saturated heterocycles. The number of carbonyl (C=O) groups excluding carboxylic acids is 1. The van der Waals surface area contributed by atoms with E-state index in [1.807, 2.05) is 32.6 Å². The zero-order valence-electron chi connectivity index (χ0n) is 12.6. The Balaban J connectivity index is 1.97. The Hall–Kier alpha value is -0.770. The maximum Gasteiger partial charge on any atom is 0.410 e. The Kier molecular flexibility index (Phi) is 4.09. The van der Waals surface area contributed by atoms with Gasteiger partial charge in [0.25, 0.3) is 0 Å². The second-order valence-electron chi connectivity index (χ2n) is 7.19. The topological polar surface area (TPSA) is 49.8 Å². The quantitative estimate of drug-likeness (QED) is 0.838. The largest absolute Gasteiger partial charge is 0.444 e. The first-order chi connectivity index (χ1) is 8.76. The van der Waals surface area contributed by atoms with E-state index < -0.39 is 5.60 Å². The molecular formula is C15H27NO3. The number of amides is 1. The lowest BCUT2D eigenvalue weighted by atomic mass is 9.87. The average molecular weight is 269 g/mol. The molecule has 0 saturated carbocycles. The summed E-state index contributed by atoms with van der Waals surface area (Å²) >= 11 is 0. The summed E-state index contributed by atoms with van der Waals surface area (Å²) in [5.74, 6) is 0.552. The van der Waals surface area contributed by atoms with Gasteiger partial charge in [-0.1, -0.05) is 0 Å². The van der Waals surface area contributed by atoms with E-state index >= 15 is 0 Å². The van der Waals surface area contributed by atoms with Crippen molar-refractivity contribution in [3.05, 3.63) is 0 Å². The molecule has 3 unspecified atom stereocenters. The second kappa shape index (κ2) is 5.31. The van der Waals surface area contributed by atoms with E-state index in [9.17, 15) is 9.90 Å². The van der Waals surface area contributed by atoms with Crippen molar-refractivity contribution in [1.82, 2.24) is 4.90 Å². The van der Waals surface area contributed by atoms with Crippen LogP contribution < -0.4 is 0 Å². The van der Waals surface area contributed by atoms with Gasteiger partial charge in [-0.05, 0) is 65.7 Å². The Morgan fingerprint density at radius 2 is 1.84 bits per heavy atom. The van der Waals surface area contributed by atoms with Crippen LogP contribution in [-0.2, 0) is 4.74 Å². The third kappa shape index (κ3) is 3.62. The number of aliphatic hydroxyl groups excluding tert-OH is 1.